The highest BCUT2D eigenvalue weighted by atomic mass is 32.2. The minimum Gasteiger partial charge on any atom is -0.487 e. The zero-order valence-electron chi connectivity index (χ0n) is 39.7. The van der Waals surface area contributed by atoms with Crippen molar-refractivity contribution < 1.29 is 44.3 Å². The molecule has 15 heteroatoms. The number of piperazine rings is 1. The summed E-state index contributed by atoms with van der Waals surface area (Å²) in [6.45, 7) is 5.18. The van der Waals surface area contributed by atoms with Gasteiger partial charge in [0.15, 0.2) is 11.5 Å². The molecule has 368 valence electrons. The van der Waals surface area contributed by atoms with Crippen LogP contribution in [-0.4, -0.2) is 76.3 Å². The van der Waals surface area contributed by atoms with E-state index in [4.69, 9.17) is 17.8 Å². The molecule has 7 aromatic rings. The molecule has 7 aromatic carbocycles. The van der Waals surface area contributed by atoms with E-state index >= 15 is 4.79 Å². The Bertz CT molecular complexity index is 3300. The summed E-state index contributed by atoms with van der Waals surface area (Å²) in [5.41, 5.74) is 9.24. The maximum absolute atomic E-state index is 15.1. The number of ether oxygens (including phenoxy) is 2. The Labute approximate surface area is 420 Å². The van der Waals surface area contributed by atoms with Crippen molar-refractivity contribution in [2.45, 2.75) is 50.6 Å². The molecule has 72 heavy (non-hydrogen) atoms. The fourth-order valence-electron chi connectivity index (χ4n) is 9.74. The van der Waals surface area contributed by atoms with Gasteiger partial charge < -0.3 is 27.6 Å². The molecule has 1 saturated heterocycles. The van der Waals surface area contributed by atoms with Crippen molar-refractivity contribution in [3.63, 3.8) is 0 Å². The number of hydrogen-bond donors (Lipinski definition) is 0. The number of rotatable bonds is 16. The predicted octanol–water partition coefficient (Wildman–Crippen LogP) is 9.61. The average Bonchev–Trinajstić information content (AvgIpc) is 3.95. The van der Waals surface area contributed by atoms with Gasteiger partial charge in [-0.15, -0.1) is 0 Å². The first-order valence-corrected chi connectivity index (χ1v) is 27.0. The Kier molecular flexibility index (Phi) is 13.9. The lowest BCUT2D eigenvalue weighted by Gasteiger charge is -2.34. The van der Waals surface area contributed by atoms with E-state index < -0.39 is 43.4 Å². The smallest absolute Gasteiger partial charge is 0.409 e. The first-order valence-electron chi connectivity index (χ1n) is 23.8. The lowest BCUT2D eigenvalue weighted by molar-refractivity contribution is 0.0725. The lowest BCUT2D eigenvalue weighted by Crippen LogP contribution is -2.48. The van der Waals surface area contributed by atoms with Crippen molar-refractivity contribution in [2.24, 2.45) is 0 Å². The van der Waals surface area contributed by atoms with Gasteiger partial charge in [-0.3, -0.25) is 9.69 Å². The molecule has 10 rings (SSSR count). The molecular formula is C57H53N3O10S2. The van der Waals surface area contributed by atoms with E-state index in [1.165, 1.54) is 22.3 Å². The Morgan fingerprint density at radius 1 is 0.556 bits per heavy atom. The molecule has 0 radical (unpaired) electrons. The Morgan fingerprint density at radius 3 is 1.68 bits per heavy atom. The topological polar surface area (TPSA) is 149 Å². The molecule has 0 atom stereocenters. The molecule has 2 aliphatic heterocycles. The maximum atomic E-state index is 15.1. The molecule has 0 spiro atoms. The van der Waals surface area contributed by atoms with Crippen LogP contribution in [0.4, 0.5) is 4.79 Å². The zero-order valence-corrected chi connectivity index (χ0v) is 41.3. The number of nitrogens with zero attached hydrogens (tertiary/aromatic N) is 3. The molecule has 0 aromatic heterocycles. The fraction of sp³-hybridized carbons (Fsp3) is 0.228. The molecule has 2 amide bonds. The van der Waals surface area contributed by atoms with Crippen molar-refractivity contribution in [1.82, 2.24) is 14.7 Å². The van der Waals surface area contributed by atoms with E-state index in [9.17, 15) is 21.6 Å². The van der Waals surface area contributed by atoms with E-state index in [1.54, 1.807) is 77.4 Å². The van der Waals surface area contributed by atoms with Gasteiger partial charge in [0, 0.05) is 63.4 Å². The normalized spacial score (nSPS) is 14.6. The second-order valence-corrected chi connectivity index (χ2v) is 21.5. The van der Waals surface area contributed by atoms with Gasteiger partial charge in [-0.2, -0.15) is 16.8 Å². The van der Waals surface area contributed by atoms with Crippen LogP contribution in [-0.2, 0) is 62.7 Å². The summed E-state index contributed by atoms with van der Waals surface area (Å²) in [5, 5.41) is 0. The van der Waals surface area contributed by atoms with E-state index in [1.807, 2.05) is 66.7 Å². The van der Waals surface area contributed by atoms with Crippen molar-refractivity contribution in [1.29, 1.82) is 0 Å². The third-order valence-corrected chi connectivity index (χ3v) is 15.6. The molecule has 13 nitrogen and oxygen atoms in total. The minimum atomic E-state index is -4.45. The van der Waals surface area contributed by atoms with Crippen molar-refractivity contribution in [3.8, 4) is 28.4 Å². The second kappa shape index (κ2) is 20.7. The summed E-state index contributed by atoms with van der Waals surface area (Å²) in [7, 11) is -8.76. The van der Waals surface area contributed by atoms with E-state index in [-0.39, 0.29) is 60.9 Å². The van der Waals surface area contributed by atoms with Gasteiger partial charge in [0.05, 0.1) is 0 Å². The Hall–Kier alpha value is -7.46. The molecule has 1 aliphatic carbocycles. The number of benzene rings is 7. The summed E-state index contributed by atoms with van der Waals surface area (Å²) in [4.78, 5) is 34.1. The quantitative estimate of drug-likeness (QED) is 0.0853. The van der Waals surface area contributed by atoms with Crippen molar-refractivity contribution in [3.05, 3.63) is 219 Å². The average molecular weight is 1000 g/mol. The monoisotopic (exact) mass is 1000 g/mol. The molecular weight excluding hydrogens is 951 g/mol. The Balaban J connectivity index is 0.859. The van der Waals surface area contributed by atoms with Crippen LogP contribution >= 0.6 is 0 Å². The molecule has 0 saturated carbocycles. The maximum Gasteiger partial charge on any atom is 0.409 e. The van der Waals surface area contributed by atoms with Crippen LogP contribution in [0.2, 0.25) is 0 Å². The first kappa shape index (κ1) is 48.2. The van der Waals surface area contributed by atoms with Crippen LogP contribution in [0.3, 0.4) is 0 Å². The highest BCUT2D eigenvalue weighted by Crippen LogP contribution is 2.45. The standard InChI is InChI=1S/C57H53N3O10S2/c1-40-52(69-71(63,64)38-42-17-7-3-8-18-42)32-53(70-72(65,66)39-43-19-9-4-10-20-43)54(55(40)67-36-41-15-5-2-6-16-41)56(61)60-34-45-26-25-44(31-46(45)35-60)33-58-27-29-59(30-28-58)57(62)68-37-51-49-23-13-11-21-47(49)48-22-12-14-24-50(48)51/h2-26,31-32,51H,27-30,33-39H2,1H3. The fourth-order valence-corrected chi connectivity index (χ4v) is 11.9. The van der Waals surface area contributed by atoms with Gasteiger partial charge in [-0.25, -0.2) is 4.79 Å². The van der Waals surface area contributed by atoms with Gasteiger partial charge in [0.25, 0.3) is 5.91 Å². The van der Waals surface area contributed by atoms with E-state index in [2.05, 4.69) is 35.2 Å². The zero-order chi connectivity index (χ0) is 49.8. The summed E-state index contributed by atoms with van der Waals surface area (Å²) in [6, 6.07) is 50.0. The second-order valence-electron chi connectivity index (χ2n) is 18.3. The van der Waals surface area contributed by atoms with Gasteiger partial charge in [-0.05, 0) is 62.6 Å². The highest BCUT2D eigenvalue weighted by molar-refractivity contribution is 7.86. The summed E-state index contributed by atoms with van der Waals surface area (Å²) in [6.07, 6.45) is -0.319. The molecule has 1 fully saturated rings. The van der Waals surface area contributed by atoms with Gasteiger partial charge >= 0.3 is 26.3 Å². The van der Waals surface area contributed by atoms with E-state index in [0.717, 1.165) is 28.3 Å². The van der Waals surface area contributed by atoms with Crippen LogP contribution in [0, 0.1) is 6.92 Å². The van der Waals surface area contributed by atoms with Gasteiger partial charge in [-0.1, -0.05) is 158 Å². The number of fused-ring (bicyclic) bond motifs is 4. The van der Waals surface area contributed by atoms with Gasteiger partial charge in [0.2, 0.25) is 0 Å². The predicted molar refractivity (Wildman–Crippen MR) is 273 cm³/mol. The largest absolute Gasteiger partial charge is 0.487 e. The molecule has 2 heterocycles. The van der Waals surface area contributed by atoms with Crippen LogP contribution in [0.15, 0.2) is 164 Å². The van der Waals surface area contributed by atoms with Crippen LogP contribution in [0.25, 0.3) is 11.1 Å². The van der Waals surface area contributed by atoms with E-state index in [0.29, 0.717) is 43.9 Å². The number of amides is 2. The highest BCUT2D eigenvalue weighted by Gasteiger charge is 2.35. The summed E-state index contributed by atoms with van der Waals surface area (Å²) in [5.74, 6) is -2.34. The third-order valence-electron chi connectivity index (χ3n) is 13.3. The first-order chi connectivity index (χ1) is 34.9. The van der Waals surface area contributed by atoms with Gasteiger partial charge in [0.1, 0.15) is 36.0 Å². The molecule has 3 aliphatic rings. The Morgan fingerprint density at radius 2 is 1.08 bits per heavy atom. The van der Waals surface area contributed by atoms with Crippen LogP contribution in [0.5, 0.6) is 17.2 Å². The minimum absolute atomic E-state index is 0.0130. The molecule has 0 unspecified atom stereocenters. The number of carbonyl (C=O) groups excluding carboxylic acids is 2. The van der Waals surface area contributed by atoms with Crippen molar-refractivity contribution in [2.75, 3.05) is 32.8 Å². The number of hydrogen-bond acceptors (Lipinski definition) is 11. The van der Waals surface area contributed by atoms with Crippen LogP contribution in [0.1, 0.15) is 66.3 Å². The lowest BCUT2D eigenvalue weighted by atomic mass is 9.98. The van der Waals surface area contributed by atoms with Crippen molar-refractivity contribution >= 4 is 32.2 Å². The third kappa shape index (κ3) is 10.9. The van der Waals surface area contributed by atoms with Crippen LogP contribution < -0.4 is 13.1 Å². The summed E-state index contributed by atoms with van der Waals surface area (Å²) < 4.78 is 78.9. The number of carbonyl (C=O) groups is 2. The molecule has 0 bridgehead atoms. The molecule has 0 N–H and O–H groups in total. The summed E-state index contributed by atoms with van der Waals surface area (Å²) >= 11 is 0. The SMILES string of the molecule is Cc1c(OS(=O)(=O)Cc2ccccc2)cc(OS(=O)(=O)Cc2ccccc2)c(C(=O)N2Cc3ccc(CN4CCN(C(=O)OCC5c6ccccc6-c6ccccc65)CC4)cc3C2)c1OCc1ccccc1.